The monoisotopic (exact) mass is 406 g/mol. The summed E-state index contributed by atoms with van der Waals surface area (Å²) in [6.07, 6.45) is 0.296. The Labute approximate surface area is 163 Å². The minimum absolute atomic E-state index is 0.0983. The summed E-state index contributed by atoms with van der Waals surface area (Å²) in [7, 11) is 0. The van der Waals surface area contributed by atoms with Gasteiger partial charge in [-0.25, -0.2) is 9.37 Å². The molecule has 0 bridgehead atoms. The molecule has 0 amide bonds. The normalized spacial score (nSPS) is 12.6. The van der Waals surface area contributed by atoms with Gasteiger partial charge in [-0.2, -0.15) is 13.2 Å². The zero-order chi connectivity index (χ0) is 21.0. The third-order valence-corrected chi connectivity index (χ3v) is 4.26. The third-order valence-electron chi connectivity index (χ3n) is 4.26. The number of aryl methyl sites for hydroxylation is 2. The van der Waals surface area contributed by atoms with E-state index in [-0.39, 0.29) is 11.4 Å². The van der Waals surface area contributed by atoms with Gasteiger partial charge in [-0.05, 0) is 30.2 Å². The van der Waals surface area contributed by atoms with Crippen LogP contribution in [0.1, 0.15) is 11.1 Å². The largest absolute Gasteiger partial charge is 0.434 e. The number of pyridine rings is 1. The summed E-state index contributed by atoms with van der Waals surface area (Å²) >= 11 is 0. The second-order valence-corrected chi connectivity index (χ2v) is 6.20. The summed E-state index contributed by atoms with van der Waals surface area (Å²) in [5.41, 5.74) is 6.91. The molecule has 1 aromatic carbocycles. The molecule has 0 aliphatic heterocycles. The van der Waals surface area contributed by atoms with Gasteiger partial charge in [-0.1, -0.05) is 18.2 Å². The molecule has 0 aliphatic carbocycles. The van der Waals surface area contributed by atoms with E-state index in [0.717, 1.165) is 0 Å². The van der Waals surface area contributed by atoms with Gasteiger partial charge in [0.25, 0.3) is 0 Å². The zero-order valence-corrected chi connectivity index (χ0v) is 15.1. The minimum atomic E-state index is -4.73. The fourth-order valence-corrected chi connectivity index (χ4v) is 2.76. The summed E-state index contributed by atoms with van der Waals surface area (Å²) in [5, 5.41) is 0. The van der Waals surface area contributed by atoms with Crippen LogP contribution in [0.4, 0.5) is 17.6 Å². The van der Waals surface area contributed by atoms with Gasteiger partial charge in [-0.3, -0.25) is 10.8 Å². The van der Waals surface area contributed by atoms with E-state index in [2.05, 4.69) is 9.97 Å². The van der Waals surface area contributed by atoms with Crippen molar-refractivity contribution in [3.05, 3.63) is 77.8 Å². The van der Waals surface area contributed by atoms with Crippen molar-refractivity contribution in [2.45, 2.75) is 19.1 Å². The minimum Gasteiger partial charge on any atom is -0.397 e. The molecular formula is C19H18F4N6. The molecule has 0 fully saturated rings. The molecule has 152 valence electrons. The van der Waals surface area contributed by atoms with Gasteiger partial charge < -0.3 is 15.7 Å². The number of hydrogen-bond donors (Lipinski definition) is 3. The van der Waals surface area contributed by atoms with Gasteiger partial charge in [0, 0.05) is 24.5 Å². The highest BCUT2D eigenvalue weighted by atomic mass is 19.4. The molecule has 6 nitrogen and oxygen atoms in total. The molecule has 0 unspecified atom stereocenters. The van der Waals surface area contributed by atoms with E-state index in [1.165, 1.54) is 24.4 Å². The molecule has 2 aromatic heterocycles. The average molecular weight is 406 g/mol. The van der Waals surface area contributed by atoms with Crippen molar-refractivity contribution in [1.29, 1.82) is 0 Å². The number of nitrogens with two attached hydrogens (primary N) is 2. The zero-order valence-electron chi connectivity index (χ0n) is 15.1. The summed E-state index contributed by atoms with van der Waals surface area (Å²) in [6.45, 7) is 0.477. The molecular weight excluding hydrogens is 388 g/mol. The lowest BCUT2D eigenvalue weighted by molar-refractivity contribution is -0.0961. The van der Waals surface area contributed by atoms with Crippen molar-refractivity contribution in [1.82, 2.24) is 20.0 Å². The van der Waals surface area contributed by atoms with Crippen LogP contribution in [0.3, 0.4) is 0 Å². The predicted octanol–water partition coefficient (Wildman–Crippen LogP) is 2.98. The molecule has 5 N–H and O–H groups in total. The van der Waals surface area contributed by atoms with E-state index in [1.807, 2.05) is 0 Å². The highest BCUT2D eigenvalue weighted by Crippen LogP contribution is 2.28. The van der Waals surface area contributed by atoms with Crippen molar-refractivity contribution in [2.24, 2.45) is 11.6 Å². The molecule has 0 spiro atoms. The molecule has 2 heterocycles. The van der Waals surface area contributed by atoms with Gasteiger partial charge in [0.15, 0.2) is 5.70 Å². The van der Waals surface area contributed by atoms with E-state index in [1.54, 1.807) is 40.7 Å². The number of benzene rings is 1. The molecule has 0 saturated heterocycles. The lowest BCUT2D eigenvalue weighted by Gasteiger charge is -2.14. The fraction of sp³-hybridized carbons (Fsp3) is 0.158. The highest BCUT2D eigenvalue weighted by Gasteiger charge is 2.36. The summed E-state index contributed by atoms with van der Waals surface area (Å²) in [6, 6.07) is 9.22. The van der Waals surface area contributed by atoms with Crippen LogP contribution >= 0.6 is 0 Å². The Morgan fingerprint density at radius 3 is 2.55 bits per heavy atom. The Morgan fingerprint density at radius 1 is 1.10 bits per heavy atom. The molecule has 0 atom stereocenters. The first-order valence-electron chi connectivity index (χ1n) is 8.55. The first-order valence-corrected chi connectivity index (χ1v) is 8.55. The molecule has 0 radical (unpaired) electrons. The molecule has 3 aromatic rings. The topological polar surface area (TPSA) is 94.8 Å². The van der Waals surface area contributed by atoms with Crippen LogP contribution in [0.25, 0.3) is 17.1 Å². The Kier molecular flexibility index (Phi) is 5.83. The molecule has 10 heteroatoms. The van der Waals surface area contributed by atoms with Gasteiger partial charge in [0.05, 0.1) is 17.7 Å². The summed E-state index contributed by atoms with van der Waals surface area (Å²) in [5.74, 6) is 4.70. The lowest BCUT2D eigenvalue weighted by Crippen LogP contribution is -2.34. The molecule has 0 saturated carbocycles. The number of hydrogen-bond acceptors (Lipinski definition) is 5. The maximum absolute atomic E-state index is 13.7. The summed E-state index contributed by atoms with van der Waals surface area (Å²) in [4.78, 5) is 8.36. The lowest BCUT2D eigenvalue weighted by atomic mass is 10.1. The number of rotatable bonds is 6. The molecule has 3 rings (SSSR count). The van der Waals surface area contributed by atoms with Crippen LogP contribution in [0.5, 0.6) is 0 Å². The number of halogens is 4. The highest BCUT2D eigenvalue weighted by molar-refractivity contribution is 5.69. The molecule has 29 heavy (non-hydrogen) atoms. The summed E-state index contributed by atoms with van der Waals surface area (Å²) < 4.78 is 54.5. The number of imidazole rings is 1. The smallest absolute Gasteiger partial charge is 0.397 e. The van der Waals surface area contributed by atoms with Crippen molar-refractivity contribution in [2.75, 3.05) is 0 Å². The Hall–Kier alpha value is -3.40. The maximum Gasteiger partial charge on any atom is 0.434 e. The van der Waals surface area contributed by atoms with E-state index < -0.39 is 17.6 Å². The van der Waals surface area contributed by atoms with Gasteiger partial charge in [0.1, 0.15) is 11.5 Å². The SMILES string of the molecule is NN/C(=C(\N)c1ccnc(-c2cn(CCc3ccccc3F)cn2)c1)C(F)(F)F. The first-order chi connectivity index (χ1) is 13.8. The van der Waals surface area contributed by atoms with Gasteiger partial charge in [0.2, 0.25) is 0 Å². The predicted molar refractivity (Wildman–Crippen MR) is 100 cm³/mol. The van der Waals surface area contributed by atoms with E-state index in [9.17, 15) is 17.6 Å². The number of nitrogens with one attached hydrogen (secondary N) is 1. The van der Waals surface area contributed by atoms with E-state index >= 15 is 0 Å². The number of aromatic nitrogens is 3. The Bertz CT molecular complexity index is 1030. The molecule has 0 aliphatic rings. The average Bonchev–Trinajstić information content (AvgIpc) is 3.16. The second-order valence-electron chi connectivity index (χ2n) is 6.20. The second kappa shape index (κ2) is 8.31. The van der Waals surface area contributed by atoms with Crippen molar-refractivity contribution in [3.8, 4) is 11.4 Å². The number of alkyl halides is 3. The van der Waals surface area contributed by atoms with Crippen LogP contribution in [-0.4, -0.2) is 20.7 Å². The van der Waals surface area contributed by atoms with Crippen LogP contribution in [0, 0.1) is 5.82 Å². The number of allylic oxidation sites excluding steroid dienone is 1. The van der Waals surface area contributed by atoms with Crippen LogP contribution in [-0.2, 0) is 13.0 Å². The van der Waals surface area contributed by atoms with Gasteiger partial charge in [-0.15, -0.1) is 0 Å². The maximum atomic E-state index is 13.7. The van der Waals surface area contributed by atoms with Crippen molar-refractivity contribution in [3.63, 3.8) is 0 Å². The first kappa shape index (κ1) is 20.3. The third kappa shape index (κ3) is 4.72. The van der Waals surface area contributed by atoms with Crippen molar-refractivity contribution < 1.29 is 17.6 Å². The van der Waals surface area contributed by atoms with E-state index in [4.69, 9.17) is 11.6 Å². The van der Waals surface area contributed by atoms with Crippen molar-refractivity contribution >= 4 is 5.70 Å². The van der Waals surface area contributed by atoms with E-state index in [0.29, 0.717) is 29.9 Å². The van der Waals surface area contributed by atoms with Crippen LogP contribution in [0.15, 0.2) is 60.8 Å². The van der Waals surface area contributed by atoms with Crippen LogP contribution < -0.4 is 17.0 Å². The fourth-order valence-electron chi connectivity index (χ4n) is 2.76. The Morgan fingerprint density at radius 2 is 1.86 bits per heavy atom. The number of nitrogens with zero attached hydrogens (tertiary/aromatic N) is 3. The standard InChI is InChI=1S/C19H18F4N6/c20-14-4-2-1-3-12(14)6-8-29-10-16(27-11-29)15-9-13(5-7-26-15)17(24)18(28-25)19(21,22)23/h1-5,7,9-11,28H,6,8,24-25H2/b18-17-. The number of hydrazine groups is 1. The Balaban J connectivity index is 1.81. The van der Waals surface area contributed by atoms with Gasteiger partial charge >= 0.3 is 6.18 Å². The van der Waals surface area contributed by atoms with Crippen LogP contribution in [0.2, 0.25) is 0 Å². The quantitative estimate of drug-likeness (QED) is 0.332.